The zero-order valence-electron chi connectivity index (χ0n) is 8.09. The van der Waals surface area contributed by atoms with E-state index < -0.39 is 0 Å². The van der Waals surface area contributed by atoms with Crippen molar-refractivity contribution >= 4 is 10.9 Å². The first-order chi connectivity index (χ1) is 6.92. The average molecular weight is 186 g/mol. The minimum atomic E-state index is 0.847. The SMILES string of the molecule is C=CCNCc1c[nH]c2ccccc12. The van der Waals surface area contributed by atoms with Crippen molar-refractivity contribution < 1.29 is 0 Å². The van der Waals surface area contributed by atoms with E-state index in [-0.39, 0.29) is 0 Å². The van der Waals surface area contributed by atoms with Crippen LogP contribution in [0, 0.1) is 0 Å². The van der Waals surface area contributed by atoms with E-state index in [9.17, 15) is 0 Å². The summed E-state index contributed by atoms with van der Waals surface area (Å²) in [6.45, 7) is 5.40. The van der Waals surface area contributed by atoms with Crippen LogP contribution in [0.25, 0.3) is 10.9 Å². The topological polar surface area (TPSA) is 27.8 Å². The highest BCUT2D eigenvalue weighted by atomic mass is 14.8. The monoisotopic (exact) mass is 186 g/mol. The van der Waals surface area contributed by atoms with Gasteiger partial charge >= 0.3 is 0 Å². The van der Waals surface area contributed by atoms with Gasteiger partial charge in [0.1, 0.15) is 0 Å². The van der Waals surface area contributed by atoms with Crippen molar-refractivity contribution in [3.8, 4) is 0 Å². The van der Waals surface area contributed by atoms with Gasteiger partial charge in [-0.3, -0.25) is 0 Å². The molecule has 2 aromatic rings. The summed E-state index contributed by atoms with van der Waals surface area (Å²) >= 11 is 0. The molecule has 0 saturated carbocycles. The molecular weight excluding hydrogens is 172 g/mol. The van der Waals surface area contributed by atoms with E-state index in [0.717, 1.165) is 13.1 Å². The summed E-state index contributed by atoms with van der Waals surface area (Å²) in [5, 5.41) is 4.59. The predicted molar refractivity (Wildman–Crippen MR) is 60.2 cm³/mol. The van der Waals surface area contributed by atoms with Gasteiger partial charge in [-0.05, 0) is 11.6 Å². The van der Waals surface area contributed by atoms with Crippen molar-refractivity contribution in [1.29, 1.82) is 0 Å². The molecule has 1 heterocycles. The molecule has 0 aliphatic carbocycles. The van der Waals surface area contributed by atoms with Crippen LogP contribution in [0.2, 0.25) is 0 Å². The highest BCUT2D eigenvalue weighted by Gasteiger charge is 2.00. The van der Waals surface area contributed by atoms with Crippen LogP contribution in [0.15, 0.2) is 43.1 Å². The molecule has 2 nitrogen and oxygen atoms in total. The van der Waals surface area contributed by atoms with Gasteiger partial charge in [-0.2, -0.15) is 0 Å². The molecule has 2 rings (SSSR count). The largest absolute Gasteiger partial charge is 0.361 e. The number of hydrogen-bond donors (Lipinski definition) is 2. The quantitative estimate of drug-likeness (QED) is 0.557. The van der Waals surface area contributed by atoms with Crippen LogP contribution >= 0.6 is 0 Å². The summed E-state index contributed by atoms with van der Waals surface area (Å²) < 4.78 is 0. The normalized spacial score (nSPS) is 10.6. The van der Waals surface area contributed by atoms with Gasteiger partial charge in [-0.15, -0.1) is 6.58 Å². The third kappa shape index (κ3) is 1.70. The van der Waals surface area contributed by atoms with Gasteiger partial charge in [0.25, 0.3) is 0 Å². The summed E-state index contributed by atoms with van der Waals surface area (Å²) in [7, 11) is 0. The lowest BCUT2D eigenvalue weighted by atomic mass is 10.2. The van der Waals surface area contributed by atoms with E-state index in [0.29, 0.717) is 0 Å². The van der Waals surface area contributed by atoms with Crippen molar-refractivity contribution in [3.63, 3.8) is 0 Å². The lowest BCUT2D eigenvalue weighted by molar-refractivity contribution is 0.765. The number of hydrogen-bond acceptors (Lipinski definition) is 1. The fourth-order valence-corrected chi connectivity index (χ4v) is 1.59. The van der Waals surface area contributed by atoms with E-state index in [1.54, 1.807) is 0 Å². The van der Waals surface area contributed by atoms with E-state index >= 15 is 0 Å². The summed E-state index contributed by atoms with van der Waals surface area (Å²) in [5.74, 6) is 0. The predicted octanol–water partition coefficient (Wildman–Crippen LogP) is 2.44. The Labute approximate surface area is 83.6 Å². The molecule has 72 valence electrons. The minimum absolute atomic E-state index is 0.847. The van der Waals surface area contributed by atoms with Gasteiger partial charge in [0.2, 0.25) is 0 Å². The number of fused-ring (bicyclic) bond motifs is 1. The Bertz CT molecular complexity index is 429. The average Bonchev–Trinajstić information content (AvgIpc) is 2.63. The molecule has 0 bridgehead atoms. The van der Waals surface area contributed by atoms with Crippen molar-refractivity contribution in [3.05, 3.63) is 48.7 Å². The van der Waals surface area contributed by atoms with Crippen molar-refractivity contribution in [2.24, 2.45) is 0 Å². The molecule has 0 atom stereocenters. The maximum Gasteiger partial charge on any atom is 0.0457 e. The molecule has 0 amide bonds. The third-order valence-electron chi connectivity index (χ3n) is 2.28. The Hall–Kier alpha value is -1.54. The molecule has 1 aromatic heterocycles. The molecule has 0 aliphatic heterocycles. The second kappa shape index (κ2) is 4.11. The zero-order chi connectivity index (χ0) is 9.80. The lowest BCUT2D eigenvalue weighted by Gasteiger charge is -1.99. The first-order valence-electron chi connectivity index (χ1n) is 4.78. The molecule has 2 N–H and O–H groups in total. The minimum Gasteiger partial charge on any atom is -0.361 e. The Morgan fingerprint density at radius 1 is 1.36 bits per heavy atom. The van der Waals surface area contributed by atoms with Crippen LogP contribution in [0.1, 0.15) is 5.56 Å². The molecule has 0 fully saturated rings. The molecule has 2 heteroatoms. The van der Waals surface area contributed by atoms with Gasteiger partial charge in [0.15, 0.2) is 0 Å². The van der Waals surface area contributed by atoms with Gasteiger partial charge in [-0.25, -0.2) is 0 Å². The van der Waals surface area contributed by atoms with E-state index in [1.807, 2.05) is 12.1 Å². The molecule has 0 saturated heterocycles. The van der Waals surface area contributed by atoms with E-state index in [4.69, 9.17) is 0 Å². The van der Waals surface area contributed by atoms with Gasteiger partial charge in [-0.1, -0.05) is 24.3 Å². The summed E-state index contributed by atoms with van der Waals surface area (Å²) in [5.41, 5.74) is 2.50. The Morgan fingerprint density at radius 2 is 2.21 bits per heavy atom. The second-order valence-electron chi connectivity index (χ2n) is 3.28. The third-order valence-corrected chi connectivity index (χ3v) is 2.28. The number of rotatable bonds is 4. The van der Waals surface area contributed by atoms with Gasteiger partial charge in [0.05, 0.1) is 0 Å². The fourth-order valence-electron chi connectivity index (χ4n) is 1.59. The van der Waals surface area contributed by atoms with Crippen LogP contribution < -0.4 is 5.32 Å². The number of H-pyrrole nitrogens is 1. The van der Waals surface area contributed by atoms with Crippen LogP contribution in [-0.4, -0.2) is 11.5 Å². The number of para-hydroxylation sites is 1. The summed E-state index contributed by atoms with van der Waals surface area (Å²) in [6.07, 6.45) is 3.93. The highest BCUT2D eigenvalue weighted by molar-refractivity contribution is 5.82. The molecule has 0 aliphatic rings. The lowest BCUT2D eigenvalue weighted by Crippen LogP contribution is -2.11. The van der Waals surface area contributed by atoms with Crippen LogP contribution in [0.3, 0.4) is 0 Å². The number of aromatic amines is 1. The standard InChI is InChI=1S/C12H14N2/c1-2-7-13-8-10-9-14-12-6-4-3-5-11(10)12/h2-6,9,13-14H,1,7-8H2. The Kier molecular flexibility index (Phi) is 2.65. The first-order valence-corrected chi connectivity index (χ1v) is 4.78. The summed E-state index contributed by atoms with van der Waals surface area (Å²) in [4.78, 5) is 3.25. The van der Waals surface area contributed by atoms with Crippen molar-refractivity contribution in [2.45, 2.75) is 6.54 Å². The fraction of sp³-hybridized carbons (Fsp3) is 0.167. The summed E-state index contributed by atoms with van der Waals surface area (Å²) in [6, 6.07) is 8.33. The molecule has 14 heavy (non-hydrogen) atoms. The number of nitrogens with one attached hydrogen (secondary N) is 2. The van der Waals surface area contributed by atoms with E-state index in [1.165, 1.54) is 16.5 Å². The highest BCUT2D eigenvalue weighted by Crippen LogP contribution is 2.16. The van der Waals surface area contributed by atoms with E-state index in [2.05, 4.69) is 41.3 Å². The second-order valence-corrected chi connectivity index (χ2v) is 3.28. The molecule has 0 unspecified atom stereocenters. The van der Waals surface area contributed by atoms with Crippen LogP contribution in [-0.2, 0) is 6.54 Å². The van der Waals surface area contributed by atoms with Gasteiger partial charge in [0, 0.05) is 30.2 Å². The first kappa shape index (κ1) is 9.03. The van der Waals surface area contributed by atoms with Crippen molar-refractivity contribution in [1.82, 2.24) is 10.3 Å². The zero-order valence-corrected chi connectivity index (χ0v) is 8.09. The molecule has 1 aromatic carbocycles. The smallest absolute Gasteiger partial charge is 0.0457 e. The van der Waals surface area contributed by atoms with Crippen molar-refractivity contribution in [2.75, 3.05) is 6.54 Å². The maximum absolute atomic E-state index is 3.67. The van der Waals surface area contributed by atoms with Gasteiger partial charge < -0.3 is 10.3 Å². The Morgan fingerprint density at radius 3 is 3.07 bits per heavy atom. The molecular formula is C12H14N2. The number of benzene rings is 1. The molecule has 0 radical (unpaired) electrons. The number of aromatic nitrogens is 1. The Balaban J connectivity index is 2.20. The van der Waals surface area contributed by atoms with Crippen LogP contribution in [0.5, 0.6) is 0 Å². The van der Waals surface area contributed by atoms with Crippen LogP contribution in [0.4, 0.5) is 0 Å². The molecule has 0 spiro atoms. The maximum atomic E-state index is 3.67.